The third kappa shape index (κ3) is 8.67. The predicted octanol–water partition coefficient (Wildman–Crippen LogP) is 3.59. The smallest absolute Gasteiger partial charge is 0.407 e. The molecule has 0 radical (unpaired) electrons. The highest BCUT2D eigenvalue weighted by Crippen LogP contribution is 2.28. The Balaban J connectivity index is 0.00000420. The molecule has 0 aromatic heterocycles. The summed E-state index contributed by atoms with van der Waals surface area (Å²) in [6.07, 6.45) is 0.681. The maximum Gasteiger partial charge on any atom is 0.407 e. The molecular weight excluding hydrogens is 483 g/mol. The van der Waals surface area contributed by atoms with Gasteiger partial charge in [0.1, 0.15) is 11.4 Å². The van der Waals surface area contributed by atoms with Gasteiger partial charge in [-0.25, -0.2) is 4.79 Å². The van der Waals surface area contributed by atoms with Crippen molar-refractivity contribution in [3.05, 3.63) is 29.8 Å². The molecule has 1 aromatic carbocycles. The van der Waals surface area contributed by atoms with E-state index in [0.717, 1.165) is 37.8 Å². The lowest BCUT2D eigenvalue weighted by atomic mass is 9.98. The second-order valence-electron chi connectivity index (χ2n) is 7.87. The molecule has 1 saturated heterocycles. The van der Waals surface area contributed by atoms with Crippen molar-refractivity contribution in [2.45, 2.75) is 45.6 Å². The summed E-state index contributed by atoms with van der Waals surface area (Å²) in [5.74, 6) is 2.25. The summed E-state index contributed by atoms with van der Waals surface area (Å²) >= 11 is 0. The van der Waals surface area contributed by atoms with E-state index in [1.807, 2.05) is 32.9 Å². The van der Waals surface area contributed by atoms with Crippen LogP contribution in [0.5, 0.6) is 5.75 Å². The van der Waals surface area contributed by atoms with Crippen LogP contribution < -0.4 is 15.4 Å². The fourth-order valence-electron chi connectivity index (χ4n) is 3.16. The third-order valence-electron chi connectivity index (χ3n) is 4.45. The van der Waals surface area contributed by atoms with E-state index in [2.05, 4.69) is 39.6 Å². The highest BCUT2D eigenvalue weighted by molar-refractivity contribution is 14.0. The number of hydrogen-bond acceptors (Lipinski definition) is 4. The molecule has 1 unspecified atom stereocenters. The number of carbonyl (C=O) groups excluding carboxylic acids is 1. The minimum Gasteiger partial charge on any atom is -0.497 e. The summed E-state index contributed by atoms with van der Waals surface area (Å²) in [5, 5.41) is 6.10. The first-order valence-corrected chi connectivity index (χ1v) is 9.96. The van der Waals surface area contributed by atoms with E-state index in [0.29, 0.717) is 19.0 Å². The number of ether oxygens (including phenoxy) is 2. The number of benzene rings is 1. The van der Waals surface area contributed by atoms with Crippen molar-refractivity contribution in [3.8, 4) is 5.75 Å². The van der Waals surface area contributed by atoms with E-state index >= 15 is 0 Å². The Morgan fingerprint density at radius 3 is 2.52 bits per heavy atom. The van der Waals surface area contributed by atoms with Crippen LogP contribution in [0, 0.1) is 0 Å². The van der Waals surface area contributed by atoms with Crippen LogP contribution in [0.1, 0.15) is 45.6 Å². The number of nitrogens with one attached hydrogen (secondary N) is 2. The Bertz CT molecular complexity index is 659. The monoisotopic (exact) mass is 518 g/mol. The van der Waals surface area contributed by atoms with Gasteiger partial charge in [0.05, 0.1) is 13.7 Å². The fraction of sp³-hybridized carbons (Fsp3) is 0.619. The van der Waals surface area contributed by atoms with E-state index in [4.69, 9.17) is 9.47 Å². The molecule has 7 nitrogen and oxygen atoms in total. The maximum absolute atomic E-state index is 11.7. The second kappa shape index (κ2) is 12.1. The molecule has 8 heteroatoms. The third-order valence-corrected chi connectivity index (χ3v) is 4.45. The zero-order chi connectivity index (χ0) is 20.6. The minimum atomic E-state index is -0.492. The van der Waals surface area contributed by atoms with Crippen LogP contribution in [0.3, 0.4) is 0 Å². The first kappa shape index (κ1) is 25.3. The van der Waals surface area contributed by atoms with Crippen molar-refractivity contribution in [1.82, 2.24) is 15.5 Å². The lowest BCUT2D eigenvalue weighted by Crippen LogP contribution is -2.40. The van der Waals surface area contributed by atoms with Crippen LogP contribution in [0.15, 0.2) is 29.3 Å². The SMILES string of the molecule is CCNC(=NCCNC(=O)OC(C)(C)C)N1CCC(c2ccc(OC)cc2)C1.I. The summed E-state index contributed by atoms with van der Waals surface area (Å²) in [5.41, 5.74) is 0.833. The van der Waals surface area contributed by atoms with E-state index in [-0.39, 0.29) is 24.0 Å². The highest BCUT2D eigenvalue weighted by atomic mass is 127. The summed E-state index contributed by atoms with van der Waals surface area (Å²) < 4.78 is 10.5. The summed E-state index contributed by atoms with van der Waals surface area (Å²) in [6, 6.07) is 8.31. The number of halogens is 1. The number of aliphatic imine (C=N–C) groups is 1. The predicted molar refractivity (Wildman–Crippen MR) is 128 cm³/mol. The molecule has 2 rings (SSSR count). The molecule has 1 aromatic rings. The van der Waals surface area contributed by atoms with Gasteiger partial charge in [-0.1, -0.05) is 12.1 Å². The van der Waals surface area contributed by atoms with Crippen LogP contribution in [-0.4, -0.2) is 62.4 Å². The quantitative estimate of drug-likeness (QED) is 0.261. The average Bonchev–Trinajstić information content (AvgIpc) is 3.13. The Hall–Kier alpha value is -1.71. The van der Waals surface area contributed by atoms with Crippen molar-refractivity contribution in [3.63, 3.8) is 0 Å². The number of carbonyl (C=O) groups is 1. The molecular formula is C21H35IN4O3. The van der Waals surface area contributed by atoms with Gasteiger partial charge in [-0.15, -0.1) is 24.0 Å². The average molecular weight is 518 g/mol. The Labute approximate surface area is 191 Å². The van der Waals surface area contributed by atoms with Gasteiger partial charge in [0.25, 0.3) is 0 Å². The summed E-state index contributed by atoms with van der Waals surface area (Å²) in [7, 11) is 1.68. The van der Waals surface area contributed by atoms with Crippen molar-refractivity contribution >= 4 is 36.0 Å². The van der Waals surface area contributed by atoms with Gasteiger partial charge in [-0.2, -0.15) is 0 Å². The minimum absolute atomic E-state index is 0. The fourth-order valence-corrected chi connectivity index (χ4v) is 3.16. The number of nitrogens with zero attached hydrogens (tertiary/aromatic N) is 2. The van der Waals surface area contributed by atoms with Crippen LogP contribution in [0.2, 0.25) is 0 Å². The van der Waals surface area contributed by atoms with Gasteiger partial charge in [0.2, 0.25) is 0 Å². The Morgan fingerprint density at radius 1 is 1.24 bits per heavy atom. The number of methoxy groups -OCH3 is 1. The molecule has 0 spiro atoms. The number of hydrogen-bond donors (Lipinski definition) is 2. The van der Waals surface area contributed by atoms with Gasteiger partial charge >= 0.3 is 6.09 Å². The standard InChI is InChI=1S/C21H34N4O3.HI/c1-6-22-19(23-12-13-24-20(26)28-21(2,3)4)25-14-11-17(15-25)16-7-9-18(27-5)10-8-16;/h7-10,17H,6,11-15H2,1-5H3,(H,22,23)(H,24,26);1H. The Kier molecular flexibility index (Phi) is 10.6. The van der Waals surface area contributed by atoms with Gasteiger partial charge in [-0.3, -0.25) is 4.99 Å². The van der Waals surface area contributed by atoms with Crippen molar-refractivity contribution in [1.29, 1.82) is 0 Å². The van der Waals surface area contributed by atoms with Crippen molar-refractivity contribution < 1.29 is 14.3 Å². The van der Waals surface area contributed by atoms with E-state index in [1.165, 1.54) is 5.56 Å². The van der Waals surface area contributed by atoms with Gasteiger partial charge < -0.3 is 25.0 Å². The lowest BCUT2D eigenvalue weighted by molar-refractivity contribution is 0.0529. The highest BCUT2D eigenvalue weighted by Gasteiger charge is 2.26. The number of amides is 1. The first-order valence-electron chi connectivity index (χ1n) is 9.96. The number of guanidine groups is 1. The van der Waals surface area contributed by atoms with Crippen LogP contribution >= 0.6 is 24.0 Å². The molecule has 0 saturated carbocycles. The molecule has 0 aliphatic carbocycles. The lowest BCUT2D eigenvalue weighted by Gasteiger charge is -2.22. The van der Waals surface area contributed by atoms with Gasteiger partial charge in [0.15, 0.2) is 5.96 Å². The largest absolute Gasteiger partial charge is 0.497 e. The molecule has 29 heavy (non-hydrogen) atoms. The topological polar surface area (TPSA) is 75.2 Å². The van der Waals surface area contributed by atoms with Crippen molar-refractivity contribution in [2.24, 2.45) is 4.99 Å². The van der Waals surface area contributed by atoms with Crippen LogP contribution in [0.25, 0.3) is 0 Å². The molecule has 164 valence electrons. The number of alkyl carbamates (subject to hydrolysis) is 1. The van der Waals surface area contributed by atoms with Crippen LogP contribution in [-0.2, 0) is 4.74 Å². The molecule has 2 N–H and O–H groups in total. The summed E-state index contributed by atoms with van der Waals surface area (Å²) in [6.45, 7) is 11.2. The van der Waals surface area contributed by atoms with E-state index < -0.39 is 11.7 Å². The zero-order valence-electron chi connectivity index (χ0n) is 18.2. The molecule has 1 aliphatic rings. The summed E-state index contributed by atoms with van der Waals surface area (Å²) in [4.78, 5) is 18.7. The maximum atomic E-state index is 11.7. The molecule has 0 bridgehead atoms. The molecule has 1 fully saturated rings. The molecule has 1 amide bonds. The van der Waals surface area contributed by atoms with E-state index in [1.54, 1.807) is 7.11 Å². The molecule has 1 atom stereocenters. The number of rotatable bonds is 6. The first-order chi connectivity index (χ1) is 13.3. The van der Waals surface area contributed by atoms with Crippen molar-refractivity contribution in [2.75, 3.05) is 39.8 Å². The molecule has 1 heterocycles. The second-order valence-corrected chi connectivity index (χ2v) is 7.87. The van der Waals surface area contributed by atoms with E-state index in [9.17, 15) is 4.79 Å². The normalized spacial score (nSPS) is 16.8. The van der Waals surface area contributed by atoms with Gasteiger partial charge in [-0.05, 0) is 51.8 Å². The van der Waals surface area contributed by atoms with Crippen LogP contribution in [0.4, 0.5) is 4.79 Å². The van der Waals surface area contributed by atoms with Gasteiger partial charge in [0, 0.05) is 32.1 Å². The molecule has 1 aliphatic heterocycles. The Morgan fingerprint density at radius 2 is 1.93 bits per heavy atom. The number of likely N-dealkylation sites (tertiary alicyclic amines) is 1. The zero-order valence-corrected chi connectivity index (χ0v) is 20.5.